The quantitative estimate of drug-likeness (QED) is 0.859. The van der Waals surface area contributed by atoms with Crippen molar-refractivity contribution in [3.8, 4) is 0 Å². The number of carbonyl (C=O) groups is 1. The van der Waals surface area contributed by atoms with E-state index in [1.165, 1.54) is 11.3 Å². The van der Waals surface area contributed by atoms with Crippen LogP contribution in [0.4, 0.5) is 0 Å². The molecule has 1 saturated heterocycles. The third kappa shape index (κ3) is 3.10. The highest BCUT2D eigenvalue weighted by molar-refractivity contribution is 7.17. The van der Waals surface area contributed by atoms with Gasteiger partial charge in [-0.25, -0.2) is 0 Å². The molecule has 1 aliphatic heterocycles. The van der Waals surface area contributed by atoms with Crippen molar-refractivity contribution in [3.05, 3.63) is 21.3 Å². The molecular weight excluding hydrogens is 267 g/mol. The molecule has 0 radical (unpaired) electrons. The molecule has 1 aromatic rings. The second-order valence-corrected chi connectivity index (χ2v) is 5.47. The van der Waals surface area contributed by atoms with Gasteiger partial charge >= 0.3 is 0 Å². The fraction of sp³-hybridized carbons (Fsp3) is 0.500. The molecule has 2 heterocycles. The van der Waals surface area contributed by atoms with Crippen LogP contribution < -0.4 is 5.73 Å². The maximum absolute atomic E-state index is 12.0. The smallest absolute Gasteiger partial charge is 0.264 e. The Balaban J connectivity index is 0.00000128. The summed E-state index contributed by atoms with van der Waals surface area (Å²) in [4.78, 5) is 14.5. The lowest BCUT2D eigenvalue weighted by Gasteiger charge is -2.30. The van der Waals surface area contributed by atoms with Gasteiger partial charge in [-0.3, -0.25) is 4.79 Å². The highest BCUT2D eigenvalue weighted by Crippen LogP contribution is 2.23. The molecular formula is C10H14Cl2N2OS. The standard InChI is InChI=1S/C10H13ClN2OS.ClH/c11-9-4-3-8(15-9)10(14)13-5-1-2-7(12)6-13;/h3-4,7H,1-2,5-6,12H2;1H/t7-;/m1./s1. The molecule has 2 rings (SSSR count). The van der Waals surface area contributed by atoms with Gasteiger partial charge in [0.15, 0.2) is 0 Å². The average molecular weight is 281 g/mol. The van der Waals surface area contributed by atoms with Gasteiger partial charge in [0.1, 0.15) is 0 Å². The maximum Gasteiger partial charge on any atom is 0.264 e. The molecule has 0 saturated carbocycles. The first kappa shape index (κ1) is 13.8. The Bertz CT molecular complexity index is 369. The lowest BCUT2D eigenvalue weighted by atomic mass is 10.1. The largest absolute Gasteiger partial charge is 0.336 e. The molecule has 1 atom stereocenters. The number of rotatable bonds is 1. The summed E-state index contributed by atoms with van der Waals surface area (Å²) >= 11 is 7.12. The first-order valence-electron chi connectivity index (χ1n) is 4.97. The predicted molar refractivity (Wildman–Crippen MR) is 69.7 cm³/mol. The minimum Gasteiger partial charge on any atom is -0.336 e. The summed E-state index contributed by atoms with van der Waals surface area (Å²) in [7, 11) is 0. The maximum atomic E-state index is 12.0. The normalized spacial score (nSPS) is 20.4. The lowest BCUT2D eigenvalue weighted by molar-refractivity contribution is 0.0714. The number of likely N-dealkylation sites (tertiary alicyclic amines) is 1. The van der Waals surface area contributed by atoms with Gasteiger partial charge in [0.2, 0.25) is 0 Å². The number of amides is 1. The Morgan fingerprint density at radius 1 is 1.56 bits per heavy atom. The minimum absolute atomic E-state index is 0. The Labute approximate surface area is 110 Å². The monoisotopic (exact) mass is 280 g/mol. The van der Waals surface area contributed by atoms with E-state index in [2.05, 4.69) is 0 Å². The summed E-state index contributed by atoms with van der Waals surface area (Å²) in [6, 6.07) is 3.65. The molecule has 6 heteroatoms. The molecule has 0 aromatic carbocycles. The predicted octanol–water partition coefficient (Wildman–Crippen LogP) is 2.39. The van der Waals surface area contributed by atoms with Crippen molar-refractivity contribution in [2.45, 2.75) is 18.9 Å². The SMILES string of the molecule is Cl.N[C@@H]1CCCN(C(=O)c2ccc(Cl)s2)C1. The number of piperidine rings is 1. The van der Waals surface area contributed by atoms with Crippen molar-refractivity contribution in [1.29, 1.82) is 0 Å². The van der Waals surface area contributed by atoms with Crippen LogP contribution in [-0.2, 0) is 0 Å². The van der Waals surface area contributed by atoms with Crippen LogP contribution in [0.5, 0.6) is 0 Å². The van der Waals surface area contributed by atoms with Crippen molar-refractivity contribution >= 4 is 41.3 Å². The van der Waals surface area contributed by atoms with E-state index in [4.69, 9.17) is 17.3 Å². The van der Waals surface area contributed by atoms with Gasteiger partial charge in [-0.05, 0) is 25.0 Å². The van der Waals surface area contributed by atoms with E-state index in [-0.39, 0.29) is 24.4 Å². The van der Waals surface area contributed by atoms with Crippen LogP contribution in [0.25, 0.3) is 0 Å². The van der Waals surface area contributed by atoms with Crippen molar-refractivity contribution in [2.75, 3.05) is 13.1 Å². The molecule has 1 fully saturated rings. The average Bonchev–Trinajstić information content (AvgIpc) is 2.64. The van der Waals surface area contributed by atoms with E-state index in [0.29, 0.717) is 15.8 Å². The van der Waals surface area contributed by atoms with Crippen LogP contribution in [0.1, 0.15) is 22.5 Å². The lowest BCUT2D eigenvalue weighted by Crippen LogP contribution is -2.45. The molecule has 0 bridgehead atoms. The summed E-state index contributed by atoms with van der Waals surface area (Å²) in [5, 5.41) is 0. The molecule has 3 nitrogen and oxygen atoms in total. The summed E-state index contributed by atoms with van der Waals surface area (Å²) < 4.78 is 0.652. The molecule has 0 aliphatic carbocycles. The number of hydrogen-bond acceptors (Lipinski definition) is 3. The Morgan fingerprint density at radius 2 is 2.31 bits per heavy atom. The van der Waals surface area contributed by atoms with Crippen LogP contribution in [0.15, 0.2) is 12.1 Å². The molecule has 1 aromatic heterocycles. The third-order valence-electron chi connectivity index (χ3n) is 2.53. The van der Waals surface area contributed by atoms with Crippen molar-refractivity contribution < 1.29 is 4.79 Å². The first-order chi connectivity index (χ1) is 7.16. The third-order valence-corrected chi connectivity index (χ3v) is 3.75. The summed E-state index contributed by atoms with van der Waals surface area (Å²) in [5.41, 5.74) is 5.83. The highest BCUT2D eigenvalue weighted by Gasteiger charge is 2.23. The van der Waals surface area contributed by atoms with Gasteiger partial charge in [-0.2, -0.15) is 0 Å². The Kier molecular flexibility index (Phi) is 5.05. The zero-order chi connectivity index (χ0) is 10.8. The molecule has 16 heavy (non-hydrogen) atoms. The number of nitrogens with two attached hydrogens (primary N) is 1. The van der Waals surface area contributed by atoms with Gasteiger partial charge in [0.25, 0.3) is 5.91 Å². The van der Waals surface area contributed by atoms with Crippen LogP contribution in [0, 0.1) is 0 Å². The molecule has 0 spiro atoms. The van der Waals surface area contributed by atoms with Crippen LogP contribution in [0.3, 0.4) is 0 Å². The van der Waals surface area contributed by atoms with Crippen LogP contribution in [0.2, 0.25) is 4.34 Å². The van der Waals surface area contributed by atoms with E-state index in [9.17, 15) is 4.79 Å². The fourth-order valence-electron chi connectivity index (χ4n) is 1.78. The van der Waals surface area contributed by atoms with Gasteiger partial charge in [-0.15, -0.1) is 23.7 Å². The number of halogens is 2. The second kappa shape index (κ2) is 5.87. The molecule has 0 unspecified atom stereocenters. The summed E-state index contributed by atoms with van der Waals surface area (Å²) in [6.07, 6.45) is 2.00. The van der Waals surface area contributed by atoms with E-state index in [0.717, 1.165) is 19.4 Å². The van der Waals surface area contributed by atoms with Gasteiger partial charge in [-0.1, -0.05) is 11.6 Å². The molecule has 1 aliphatic rings. The Morgan fingerprint density at radius 3 is 2.88 bits per heavy atom. The van der Waals surface area contributed by atoms with Crippen LogP contribution in [-0.4, -0.2) is 29.9 Å². The summed E-state index contributed by atoms with van der Waals surface area (Å²) in [6.45, 7) is 1.47. The minimum atomic E-state index is 0. The van der Waals surface area contributed by atoms with E-state index < -0.39 is 0 Å². The van der Waals surface area contributed by atoms with E-state index in [1.807, 2.05) is 4.90 Å². The number of carbonyl (C=O) groups excluding carboxylic acids is 1. The zero-order valence-corrected chi connectivity index (χ0v) is 11.1. The van der Waals surface area contributed by atoms with E-state index in [1.54, 1.807) is 12.1 Å². The molecule has 2 N–H and O–H groups in total. The van der Waals surface area contributed by atoms with Gasteiger partial charge in [0, 0.05) is 19.1 Å². The molecule has 1 amide bonds. The van der Waals surface area contributed by atoms with Gasteiger partial charge in [0.05, 0.1) is 9.21 Å². The Hall–Kier alpha value is -0.290. The fourth-order valence-corrected chi connectivity index (χ4v) is 2.79. The highest BCUT2D eigenvalue weighted by atomic mass is 35.5. The van der Waals surface area contributed by atoms with Crippen LogP contribution >= 0.6 is 35.3 Å². The van der Waals surface area contributed by atoms with Gasteiger partial charge < -0.3 is 10.6 Å². The summed E-state index contributed by atoms with van der Waals surface area (Å²) in [5.74, 6) is 0.0575. The number of hydrogen-bond donors (Lipinski definition) is 1. The topological polar surface area (TPSA) is 46.3 Å². The van der Waals surface area contributed by atoms with E-state index >= 15 is 0 Å². The number of nitrogens with zero attached hydrogens (tertiary/aromatic N) is 1. The van der Waals surface area contributed by atoms with Crippen molar-refractivity contribution in [2.24, 2.45) is 5.73 Å². The molecule has 90 valence electrons. The van der Waals surface area contributed by atoms with Crippen molar-refractivity contribution in [1.82, 2.24) is 4.90 Å². The first-order valence-corrected chi connectivity index (χ1v) is 6.16. The second-order valence-electron chi connectivity index (χ2n) is 3.76. The van der Waals surface area contributed by atoms with Crippen molar-refractivity contribution in [3.63, 3.8) is 0 Å². The number of thiophene rings is 1. The zero-order valence-electron chi connectivity index (χ0n) is 8.69.